The Bertz CT molecular complexity index is 671. The van der Waals surface area contributed by atoms with Crippen molar-refractivity contribution < 1.29 is 4.84 Å². The molecule has 6 nitrogen and oxygen atoms in total. The molecular weight excluding hydrogens is 278 g/mol. The highest BCUT2D eigenvalue weighted by Gasteiger charge is 2.19. The minimum Gasteiger partial charge on any atom is -0.390 e. The number of aromatic nitrogens is 3. The third-order valence-corrected chi connectivity index (χ3v) is 3.49. The van der Waals surface area contributed by atoms with E-state index in [2.05, 4.69) is 32.3 Å². The van der Waals surface area contributed by atoms with E-state index >= 15 is 0 Å². The third kappa shape index (κ3) is 3.39. The minimum absolute atomic E-state index is 0.0760. The van der Waals surface area contributed by atoms with E-state index in [1.165, 1.54) is 0 Å². The number of rotatable bonds is 5. The normalized spacial score (nSPS) is 17.0. The van der Waals surface area contributed by atoms with Crippen molar-refractivity contribution >= 4 is 11.5 Å². The van der Waals surface area contributed by atoms with E-state index in [9.17, 15) is 0 Å². The molecule has 1 aliphatic rings. The predicted octanol–water partition coefficient (Wildman–Crippen LogP) is 2.81. The first-order chi connectivity index (χ1) is 10.7. The molecule has 3 rings (SSSR count). The number of nitrogens with one attached hydrogen (secondary N) is 1. The molecule has 0 saturated heterocycles. The molecule has 1 aliphatic heterocycles. The third-order valence-electron chi connectivity index (χ3n) is 3.49. The van der Waals surface area contributed by atoms with Crippen LogP contribution in [-0.4, -0.2) is 33.3 Å². The van der Waals surface area contributed by atoms with E-state index < -0.39 is 0 Å². The van der Waals surface area contributed by atoms with E-state index in [-0.39, 0.29) is 6.10 Å². The molecule has 3 heterocycles. The molecule has 0 bridgehead atoms. The number of pyridine rings is 1. The SMILES string of the molecule is CCC1=NO[C@H](CNc2cc(C)nc(-c3cccnc3)n2)C1. The molecule has 6 heteroatoms. The molecule has 1 atom stereocenters. The summed E-state index contributed by atoms with van der Waals surface area (Å²) in [6.07, 6.45) is 5.39. The van der Waals surface area contributed by atoms with Gasteiger partial charge in [-0.3, -0.25) is 4.98 Å². The summed E-state index contributed by atoms with van der Waals surface area (Å²) in [7, 11) is 0. The summed E-state index contributed by atoms with van der Waals surface area (Å²) in [5.74, 6) is 1.47. The molecule has 2 aromatic heterocycles. The lowest BCUT2D eigenvalue weighted by molar-refractivity contribution is 0.0948. The van der Waals surface area contributed by atoms with Crippen molar-refractivity contribution in [1.82, 2.24) is 15.0 Å². The molecule has 0 amide bonds. The predicted molar refractivity (Wildman–Crippen MR) is 85.7 cm³/mol. The number of hydrogen-bond donors (Lipinski definition) is 1. The first-order valence-corrected chi connectivity index (χ1v) is 7.46. The van der Waals surface area contributed by atoms with E-state index in [1.54, 1.807) is 12.4 Å². The Morgan fingerprint density at radius 1 is 1.36 bits per heavy atom. The highest BCUT2D eigenvalue weighted by Crippen LogP contribution is 2.18. The van der Waals surface area contributed by atoms with Crippen molar-refractivity contribution in [2.24, 2.45) is 5.16 Å². The van der Waals surface area contributed by atoms with Gasteiger partial charge in [0.1, 0.15) is 11.9 Å². The maximum Gasteiger partial charge on any atom is 0.163 e. The molecule has 0 aromatic carbocycles. The molecule has 0 fully saturated rings. The van der Waals surface area contributed by atoms with Gasteiger partial charge in [-0.1, -0.05) is 12.1 Å². The van der Waals surface area contributed by atoms with Crippen molar-refractivity contribution in [3.05, 3.63) is 36.3 Å². The van der Waals surface area contributed by atoms with Crippen molar-refractivity contribution in [2.45, 2.75) is 32.8 Å². The average Bonchev–Trinajstić information content (AvgIpc) is 3.01. The van der Waals surface area contributed by atoms with Crippen LogP contribution in [0.15, 0.2) is 35.7 Å². The van der Waals surface area contributed by atoms with E-state index in [0.717, 1.165) is 35.6 Å². The molecule has 1 N–H and O–H groups in total. The Labute approximate surface area is 129 Å². The van der Waals surface area contributed by atoms with E-state index in [1.807, 2.05) is 25.1 Å². The Morgan fingerprint density at radius 3 is 3.00 bits per heavy atom. The molecule has 0 aliphatic carbocycles. The van der Waals surface area contributed by atoms with E-state index in [4.69, 9.17) is 4.84 Å². The minimum atomic E-state index is 0.0760. The monoisotopic (exact) mass is 297 g/mol. The van der Waals surface area contributed by atoms with Gasteiger partial charge in [-0.2, -0.15) is 0 Å². The highest BCUT2D eigenvalue weighted by atomic mass is 16.6. The lowest BCUT2D eigenvalue weighted by Crippen LogP contribution is -2.20. The summed E-state index contributed by atoms with van der Waals surface area (Å²) in [5.41, 5.74) is 2.93. The zero-order valence-electron chi connectivity index (χ0n) is 12.8. The molecule has 0 radical (unpaired) electrons. The molecular formula is C16H19N5O. The van der Waals surface area contributed by atoms with Gasteiger partial charge in [-0.15, -0.1) is 0 Å². The van der Waals surface area contributed by atoms with Crippen molar-refractivity contribution in [3.63, 3.8) is 0 Å². The summed E-state index contributed by atoms with van der Waals surface area (Å²) >= 11 is 0. The number of aryl methyl sites for hydroxylation is 1. The van der Waals surface area contributed by atoms with Gasteiger partial charge in [-0.25, -0.2) is 9.97 Å². The van der Waals surface area contributed by atoms with Crippen LogP contribution >= 0.6 is 0 Å². The zero-order valence-corrected chi connectivity index (χ0v) is 12.8. The summed E-state index contributed by atoms with van der Waals surface area (Å²) in [5, 5.41) is 7.38. The molecule has 22 heavy (non-hydrogen) atoms. The zero-order chi connectivity index (χ0) is 15.4. The topological polar surface area (TPSA) is 72.3 Å². The molecule has 0 spiro atoms. The molecule has 2 aromatic rings. The maximum atomic E-state index is 5.40. The van der Waals surface area contributed by atoms with Gasteiger partial charge in [0.15, 0.2) is 5.82 Å². The number of hydrogen-bond acceptors (Lipinski definition) is 6. The van der Waals surface area contributed by atoms with Crippen LogP contribution in [0.1, 0.15) is 25.5 Å². The Kier molecular flexibility index (Phi) is 4.27. The standard InChI is InChI=1S/C16H19N5O/c1-3-13-8-14(22-21-13)10-18-15-7-11(2)19-16(20-15)12-5-4-6-17-9-12/h4-7,9,14H,3,8,10H2,1-2H3,(H,18,19,20)/t14-/m0/s1. The van der Waals surface area contributed by atoms with Gasteiger partial charge in [-0.05, 0) is 25.5 Å². The van der Waals surface area contributed by atoms with Gasteiger partial charge in [0.05, 0.1) is 12.3 Å². The van der Waals surface area contributed by atoms with E-state index in [0.29, 0.717) is 12.4 Å². The number of oxime groups is 1. The second kappa shape index (κ2) is 6.51. The molecule has 114 valence electrons. The number of nitrogens with zero attached hydrogens (tertiary/aromatic N) is 4. The fourth-order valence-electron chi connectivity index (χ4n) is 2.31. The fraction of sp³-hybridized carbons (Fsp3) is 0.375. The van der Waals surface area contributed by atoms with Gasteiger partial charge >= 0.3 is 0 Å². The van der Waals surface area contributed by atoms with Gasteiger partial charge in [0, 0.05) is 36.1 Å². The fourth-order valence-corrected chi connectivity index (χ4v) is 2.31. The molecule has 0 unspecified atom stereocenters. The van der Waals surface area contributed by atoms with Crippen molar-refractivity contribution in [3.8, 4) is 11.4 Å². The lowest BCUT2D eigenvalue weighted by Gasteiger charge is -2.11. The van der Waals surface area contributed by atoms with Crippen LogP contribution in [0.25, 0.3) is 11.4 Å². The number of anilines is 1. The van der Waals surface area contributed by atoms with Crippen LogP contribution in [0.4, 0.5) is 5.82 Å². The second-order valence-corrected chi connectivity index (χ2v) is 5.28. The first-order valence-electron chi connectivity index (χ1n) is 7.46. The average molecular weight is 297 g/mol. The van der Waals surface area contributed by atoms with Crippen LogP contribution < -0.4 is 5.32 Å². The van der Waals surface area contributed by atoms with Crippen LogP contribution in [0.3, 0.4) is 0 Å². The lowest BCUT2D eigenvalue weighted by atomic mass is 10.1. The maximum absolute atomic E-state index is 5.40. The first kappa shape index (κ1) is 14.4. The largest absolute Gasteiger partial charge is 0.390 e. The summed E-state index contributed by atoms with van der Waals surface area (Å²) in [4.78, 5) is 18.5. The Hall–Kier alpha value is -2.50. The molecule has 0 saturated carbocycles. The van der Waals surface area contributed by atoms with Crippen LogP contribution in [0.5, 0.6) is 0 Å². The summed E-state index contributed by atoms with van der Waals surface area (Å²) in [6.45, 7) is 4.72. The van der Waals surface area contributed by atoms with Crippen molar-refractivity contribution in [1.29, 1.82) is 0 Å². The quantitative estimate of drug-likeness (QED) is 0.918. The van der Waals surface area contributed by atoms with Gasteiger partial charge < -0.3 is 10.2 Å². The van der Waals surface area contributed by atoms with Gasteiger partial charge in [0.2, 0.25) is 0 Å². The summed E-state index contributed by atoms with van der Waals surface area (Å²) in [6, 6.07) is 5.76. The Balaban J connectivity index is 1.68. The Morgan fingerprint density at radius 2 is 2.27 bits per heavy atom. The van der Waals surface area contributed by atoms with Crippen LogP contribution in [0.2, 0.25) is 0 Å². The smallest absolute Gasteiger partial charge is 0.163 e. The second-order valence-electron chi connectivity index (χ2n) is 5.28. The van der Waals surface area contributed by atoms with Gasteiger partial charge in [0.25, 0.3) is 0 Å². The van der Waals surface area contributed by atoms with Crippen LogP contribution in [-0.2, 0) is 4.84 Å². The van der Waals surface area contributed by atoms with Crippen molar-refractivity contribution in [2.75, 3.05) is 11.9 Å². The van der Waals surface area contributed by atoms with Crippen LogP contribution in [0, 0.1) is 6.92 Å². The highest BCUT2D eigenvalue weighted by molar-refractivity contribution is 5.85. The summed E-state index contributed by atoms with van der Waals surface area (Å²) < 4.78 is 0.